The molecule has 2 aliphatic rings. The van der Waals surface area contributed by atoms with Crippen LogP contribution in [0.4, 0.5) is 5.82 Å². The maximum Gasteiger partial charge on any atom is 0.274 e. The summed E-state index contributed by atoms with van der Waals surface area (Å²) >= 11 is 0. The third-order valence-corrected chi connectivity index (χ3v) is 6.46. The van der Waals surface area contributed by atoms with Gasteiger partial charge in [0, 0.05) is 56.8 Å². The number of ether oxygens (including phenoxy) is 3. The van der Waals surface area contributed by atoms with Gasteiger partial charge in [-0.2, -0.15) is 8.42 Å². The lowest BCUT2D eigenvalue weighted by Gasteiger charge is -2.40. The highest BCUT2D eigenvalue weighted by Crippen LogP contribution is 2.42. The Hall–Kier alpha value is -2.25. The van der Waals surface area contributed by atoms with Crippen molar-refractivity contribution in [2.75, 3.05) is 58.6 Å². The van der Waals surface area contributed by atoms with Gasteiger partial charge in [0.05, 0.1) is 12.6 Å². The molecule has 1 aromatic carbocycles. The lowest BCUT2D eigenvalue weighted by atomic mass is 10.1. The van der Waals surface area contributed by atoms with Gasteiger partial charge in [0.25, 0.3) is 10.2 Å². The van der Waals surface area contributed by atoms with Gasteiger partial charge in [0.15, 0.2) is 18.3 Å². The third kappa shape index (κ3) is 4.83. The molecule has 4 rings (SSSR count). The van der Waals surface area contributed by atoms with Crippen molar-refractivity contribution in [3.63, 3.8) is 0 Å². The molecule has 0 bridgehead atoms. The Labute approximate surface area is 181 Å². The van der Waals surface area contributed by atoms with E-state index in [0.29, 0.717) is 18.0 Å². The Morgan fingerprint density at radius 1 is 1.13 bits per heavy atom. The van der Waals surface area contributed by atoms with Gasteiger partial charge in [0.2, 0.25) is 0 Å². The molecule has 0 unspecified atom stereocenters. The number of hydrogen-bond donors (Lipinski definition) is 2. The molecule has 1 saturated heterocycles. The number of methoxy groups -OCH3 is 2. The first-order chi connectivity index (χ1) is 14.8. The number of fused-ring (bicyclic) bond motifs is 1. The predicted octanol–water partition coefficient (Wildman–Crippen LogP) is 0.0688. The van der Waals surface area contributed by atoms with Crippen LogP contribution >= 0.6 is 0 Å². The fourth-order valence-electron chi connectivity index (χ4n) is 4.07. The van der Waals surface area contributed by atoms with Gasteiger partial charge in [-0.15, -0.1) is 0 Å². The quantitative estimate of drug-likeness (QED) is 0.507. The number of hydrogen-bond acceptors (Lipinski definition) is 9. The summed E-state index contributed by atoms with van der Waals surface area (Å²) in [5.41, 5.74) is 0.644. The Balaban J connectivity index is 1.51. The molecule has 1 aromatic heterocycles. The van der Waals surface area contributed by atoms with Crippen molar-refractivity contribution in [3.05, 3.63) is 18.5 Å². The maximum absolute atomic E-state index is 11.3. The zero-order valence-corrected chi connectivity index (χ0v) is 18.5. The molecule has 12 heteroatoms. The summed E-state index contributed by atoms with van der Waals surface area (Å²) in [6.07, 6.45) is 3.48. The average molecular weight is 453 g/mol. The predicted molar refractivity (Wildman–Crippen MR) is 115 cm³/mol. The standard InChI is InChI=1S/C19H28N6O5S/c1-28-13-30-17-9-14-15(10-16(17)29-2)21-12-22-18(14)24-5-7-25(8-6-24)19(3-4-19)11-23-31(20,26)27/h9-10,12,23H,3-8,11,13H2,1-2H3,(H2,20,26,27). The molecule has 1 aliphatic carbocycles. The van der Waals surface area contributed by atoms with Crippen molar-refractivity contribution >= 4 is 26.9 Å². The van der Waals surface area contributed by atoms with Gasteiger partial charge in [-0.25, -0.2) is 19.8 Å². The van der Waals surface area contributed by atoms with Crippen molar-refractivity contribution in [3.8, 4) is 11.5 Å². The highest BCUT2D eigenvalue weighted by Gasteiger charge is 2.48. The van der Waals surface area contributed by atoms with E-state index < -0.39 is 10.2 Å². The van der Waals surface area contributed by atoms with Crippen molar-refractivity contribution in [1.82, 2.24) is 19.6 Å². The van der Waals surface area contributed by atoms with Crippen LogP contribution < -0.4 is 24.2 Å². The maximum atomic E-state index is 11.3. The number of aromatic nitrogens is 2. The monoisotopic (exact) mass is 452 g/mol. The number of nitrogens with two attached hydrogens (primary N) is 1. The fourth-order valence-corrected chi connectivity index (χ4v) is 4.54. The number of piperazine rings is 1. The van der Waals surface area contributed by atoms with E-state index in [1.54, 1.807) is 20.5 Å². The molecule has 2 fully saturated rings. The van der Waals surface area contributed by atoms with Crippen molar-refractivity contribution in [1.29, 1.82) is 0 Å². The van der Waals surface area contributed by atoms with Gasteiger partial charge in [-0.3, -0.25) is 4.90 Å². The van der Waals surface area contributed by atoms with Crippen LogP contribution in [-0.4, -0.2) is 82.6 Å². The zero-order valence-electron chi connectivity index (χ0n) is 17.7. The highest BCUT2D eigenvalue weighted by molar-refractivity contribution is 7.87. The molecule has 11 nitrogen and oxygen atoms in total. The smallest absolute Gasteiger partial charge is 0.274 e. The van der Waals surface area contributed by atoms with E-state index in [-0.39, 0.29) is 12.3 Å². The van der Waals surface area contributed by atoms with Gasteiger partial charge >= 0.3 is 0 Å². The third-order valence-electron chi connectivity index (χ3n) is 5.91. The second kappa shape index (κ2) is 8.71. The average Bonchev–Trinajstić information content (AvgIpc) is 3.56. The normalized spacial score (nSPS) is 18.9. The summed E-state index contributed by atoms with van der Waals surface area (Å²) in [5.74, 6) is 1.98. The van der Waals surface area contributed by atoms with Crippen LogP contribution in [0.2, 0.25) is 0 Å². The van der Waals surface area contributed by atoms with Crippen molar-refractivity contribution in [2.45, 2.75) is 18.4 Å². The topological polar surface area (TPSA) is 132 Å². The van der Waals surface area contributed by atoms with Crippen LogP contribution in [0.3, 0.4) is 0 Å². The summed E-state index contributed by atoms with van der Waals surface area (Å²) in [5, 5.41) is 5.98. The van der Waals surface area contributed by atoms with Gasteiger partial charge in [-0.1, -0.05) is 0 Å². The van der Waals surface area contributed by atoms with Crippen LogP contribution in [0.1, 0.15) is 12.8 Å². The van der Waals surface area contributed by atoms with E-state index in [0.717, 1.165) is 55.7 Å². The Morgan fingerprint density at radius 3 is 2.48 bits per heavy atom. The number of nitrogens with one attached hydrogen (secondary N) is 1. The summed E-state index contributed by atoms with van der Waals surface area (Å²) in [6.45, 7) is 3.61. The molecule has 0 spiro atoms. The lowest BCUT2D eigenvalue weighted by molar-refractivity contribution is 0.0493. The SMILES string of the molecule is COCOc1cc2c(N3CCN(C4(CNS(N)(=O)=O)CC4)CC3)ncnc2cc1OC. The number of anilines is 1. The minimum atomic E-state index is -3.69. The second-order valence-electron chi connectivity index (χ2n) is 7.83. The van der Waals surface area contributed by atoms with Crippen LogP contribution in [0.25, 0.3) is 10.9 Å². The molecule has 0 atom stereocenters. The van der Waals surface area contributed by atoms with Crippen LogP contribution in [0, 0.1) is 0 Å². The summed E-state index contributed by atoms with van der Waals surface area (Å²) in [6, 6.07) is 3.72. The molecule has 0 amide bonds. The minimum Gasteiger partial charge on any atom is -0.493 e. The Bertz CT molecular complexity index is 1040. The largest absolute Gasteiger partial charge is 0.493 e. The first-order valence-corrected chi connectivity index (χ1v) is 11.6. The van der Waals surface area contributed by atoms with E-state index in [2.05, 4.69) is 24.5 Å². The Kier molecular flexibility index (Phi) is 6.17. The molecule has 1 aliphatic heterocycles. The van der Waals surface area contributed by atoms with E-state index in [4.69, 9.17) is 19.3 Å². The summed E-state index contributed by atoms with van der Waals surface area (Å²) < 4.78 is 41.1. The van der Waals surface area contributed by atoms with Crippen molar-refractivity contribution < 1.29 is 22.6 Å². The molecule has 170 valence electrons. The van der Waals surface area contributed by atoms with Gasteiger partial charge in [-0.05, 0) is 18.9 Å². The van der Waals surface area contributed by atoms with E-state index in [1.165, 1.54) is 0 Å². The molecular formula is C19H28N6O5S. The molecular weight excluding hydrogens is 424 g/mol. The van der Waals surface area contributed by atoms with Crippen LogP contribution in [-0.2, 0) is 14.9 Å². The molecule has 3 N–H and O–H groups in total. The lowest BCUT2D eigenvalue weighted by Crippen LogP contribution is -2.55. The second-order valence-corrected chi connectivity index (χ2v) is 9.21. The first-order valence-electron chi connectivity index (χ1n) is 10.1. The zero-order chi connectivity index (χ0) is 22.1. The molecule has 31 heavy (non-hydrogen) atoms. The minimum absolute atomic E-state index is 0.109. The molecule has 1 saturated carbocycles. The van der Waals surface area contributed by atoms with Crippen LogP contribution in [0.5, 0.6) is 11.5 Å². The van der Waals surface area contributed by atoms with Crippen LogP contribution in [0.15, 0.2) is 18.5 Å². The highest BCUT2D eigenvalue weighted by atomic mass is 32.2. The number of benzene rings is 1. The van der Waals surface area contributed by atoms with E-state index in [1.807, 2.05) is 12.1 Å². The first kappa shape index (κ1) is 22.0. The van der Waals surface area contributed by atoms with Gasteiger partial charge < -0.3 is 19.1 Å². The summed E-state index contributed by atoms with van der Waals surface area (Å²) in [4.78, 5) is 13.5. The Morgan fingerprint density at radius 2 is 1.87 bits per heavy atom. The number of nitrogens with zero attached hydrogens (tertiary/aromatic N) is 4. The fraction of sp³-hybridized carbons (Fsp3) is 0.579. The number of rotatable bonds is 9. The summed E-state index contributed by atoms with van der Waals surface area (Å²) in [7, 11) is -0.540. The molecule has 2 heterocycles. The molecule has 2 aromatic rings. The van der Waals surface area contributed by atoms with Gasteiger partial charge in [0.1, 0.15) is 12.1 Å². The van der Waals surface area contributed by atoms with E-state index in [9.17, 15) is 8.42 Å². The van der Waals surface area contributed by atoms with E-state index >= 15 is 0 Å². The van der Waals surface area contributed by atoms with Crippen molar-refractivity contribution in [2.24, 2.45) is 5.14 Å². The molecule has 0 radical (unpaired) electrons.